The molecular weight excluding hydrogens is 263 g/mol. The minimum absolute atomic E-state index is 0.184. The smallest absolute Gasteiger partial charge is 0.128 e. The third-order valence-corrected chi connectivity index (χ3v) is 3.78. The van der Waals surface area contributed by atoms with Crippen LogP contribution in [0.3, 0.4) is 0 Å². The molecule has 1 aromatic heterocycles. The predicted molar refractivity (Wildman–Crippen MR) is 83.8 cm³/mol. The van der Waals surface area contributed by atoms with Gasteiger partial charge >= 0.3 is 0 Å². The monoisotopic (exact) mass is 280 g/mol. The van der Waals surface area contributed by atoms with Gasteiger partial charge in [-0.15, -0.1) is 0 Å². The van der Waals surface area contributed by atoms with Gasteiger partial charge in [0.15, 0.2) is 0 Å². The van der Waals surface area contributed by atoms with E-state index in [1.54, 1.807) is 12.3 Å². The van der Waals surface area contributed by atoms with Crippen molar-refractivity contribution in [2.24, 2.45) is 0 Å². The normalized spacial score (nSPS) is 12.5. The summed E-state index contributed by atoms with van der Waals surface area (Å²) >= 11 is 0. The highest BCUT2D eigenvalue weighted by atomic mass is 19.1. The summed E-state index contributed by atoms with van der Waals surface area (Å²) < 4.78 is 14.2. The van der Waals surface area contributed by atoms with Crippen LogP contribution in [-0.2, 0) is 0 Å². The molecule has 0 saturated carbocycles. The van der Waals surface area contributed by atoms with Crippen molar-refractivity contribution in [2.75, 3.05) is 7.05 Å². The molecular formula is C18H17FN2. The molecule has 0 aliphatic heterocycles. The number of pyridine rings is 1. The maximum absolute atomic E-state index is 14.2. The Bertz CT molecular complexity index is 778. The summed E-state index contributed by atoms with van der Waals surface area (Å²) in [6, 6.07) is 13.0. The molecule has 0 fully saturated rings. The van der Waals surface area contributed by atoms with E-state index in [1.165, 1.54) is 6.07 Å². The zero-order valence-electron chi connectivity index (χ0n) is 12.1. The fraction of sp³-hybridized carbons (Fsp3) is 0.167. The molecule has 1 N–H and O–H groups in total. The van der Waals surface area contributed by atoms with Gasteiger partial charge in [0, 0.05) is 23.3 Å². The maximum atomic E-state index is 14.2. The quantitative estimate of drug-likeness (QED) is 0.784. The lowest BCUT2D eigenvalue weighted by Crippen LogP contribution is -2.19. The van der Waals surface area contributed by atoms with Crippen LogP contribution in [0.1, 0.15) is 22.7 Å². The van der Waals surface area contributed by atoms with Gasteiger partial charge in [0.25, 0.3) is 0 Å². The number of halogens is 1. The average molecular weight is 280 g/mol. The van der Waals surface area contributed by atoms with Crippen molar-refractivity contribution in [2.45, 2.75) is 13.0 Å². The van der Waals surface area contributed by atoms with Gasteiger partial charge in [0.05, 0.1) is 6.04 Å². The molecule has 0 spiro atoms. The number of hydrogen-bond acceptors (Lipinski definition) is 2. The fourth-order valence-electron chi connectivity index (χ4n) is 2.76. The Labute approximate surface area is 123 Å². The highest BCUT2D eigenvalue weighted by Gasteiger charge is 2.18. The SMILES string of the molecule is CNC(c1cc(C)ccc1F)c1cccc2cnccc12. The maximum Gasteiger partial charge on any atom is 0.128 e. The van der Waals surface area contributed by atoms with Crippen molar-refractivity contribution in [1.82, 2.24) is 10.3 Å². The minimum atomic E-state index is -0.189. The predicted octanol–water partition coefficient (Wildman–Crippen LogP) is 3.99. The molecule has 0 radical (unpaired) electrons. The Morgan fingerprint density at radius 1 is 1.10 bits per heavy atom. The van der Waals surface area contributed by atoms with E-state index in [0.29, 0.717) is 5.56 Å². The number of rotatable bonds is 3. The molecule has 1 unspecified atom stereocenters. The van der Waals surface area contributed by atoms with Gasteiger partial charge < -0.3 is 5.32 Å². The molecule has 0 amide bonds. The van der Waals surface area contributed by atoms with E-state index in [1.807, 2.05) is 50.5 Å². The van der Waals surface area contributed by atoms with Gasteiger partial charge in [0.2, 0.25) is 0 Å². The zero-order valence-corrected chi connectivity index (χ0v) is 12.1. The average Bonchev–Trinajstić information content (AvgIpc) is 2.51. The first-order valence-electron chi connectivity index (χ1n) is 6.96. The van der Waals surface area contributed by atoms with Crippen LogP contribution in [-0.4, -0.2) is 12.0 Å². The van der Waals surface area contributed by atoms with Crippen LogP contribution >= 0.6 is 0 Å². The second-order valence-electron chi connectivity index (χ2n) is 5.19. The van der Waals surface area contributed by atoms with Crippen LogP contribution in [0.2, 0.25) is 0 Å². The van der Waals surface area contributed by atoms with Crippen LogP contribution < -0.4 is 5.32 Å². The largest absolute Gasteiger partial charge is 0.309 e. The Morgan fingerprint density at radius 2 is 1.95 bits per heavy atom. The van der Waals surface area contributed by atoms with Crippen LogP contribution in [0.15, 0.2) is 54.9 Å². The fourth-order valence-corrected chi connectivity index (χ4v) is 2.76. The Hall–Kier alpha value is -2.26. The first-order chi connectivity index (χ1) is 10.2. The Balaban J connectivity index is 2.21. The topological polar surface area (TPSA) is 24.9 Å². The van der Waals surface area contributed by atoms with E-state index < -0.39 is 0 Å². The summed E-state index contributed by atoms with van der Waals surface area (Å²) in [4.78, 5) is 4.15. The van der Waals surface area contributed by atoms with E-state index in [4.69, 9.17) is 0 Å². The van der Waals surface area contributed by atoms with Crippen molar-refractivity contribution < 1.29 is 4.39 Å². The van der Waals surface area contributed by atoms with Gasteiger partial charge in [0.1, 0.15) is 5.82 Å². The van der Waals surface area contributed by atoms with Gasteiger partial charge in [-0.05, 0) is 37.1 Å². The van der Waals surface area contributed by atoms with E-state index in [0.717, 1.165) is 21.9 Å². The zero-order chi connectivity index (χ0) is 14.8. The van der Waals surface area contributed by atoms with Gasteiger partial charge in [-0.2, -0.15) is 0 Å². The number of hydrogen-bond donors (Lipinski definition) is 1. The van der Waals surface area contributed by atoms with Crippen molar-refractivity contribution in [3.63, 3.8) is 0 Å². The molecule has 21 heavy (non-hydrogen) atoms. The summed E-state index contributed by atoms with van der Waals surface area (Å²) in [7, 11) is 1.85. The van der Waals surface area contributed by atoms with Crippen molar-refractivity contribution in [3.05, 3.63) is 77.4 Å². The van der Waals surface area contributed by atoms with E-state index in [-0.39, 0.29) is 11.9 Å². The number of benzene rings is 2. The Kier molecular flexibility index (Phi) is 3.67. The number of fused-ring (bicyclic) bond motifs is 1. The third-order valence-electron chi connectivity index (χ3n) is 3.78. The van der Waals surface area contributed by atoms with Gasteiger partial charge in [-0.25, -0.2) is 4.39 Å². The van der Waals surface area contributed by atoms with Crippen LogP contribution in [0.5, 0.6) is 0 Å². The number of aryl methyl sites for hydroxylation is 1. The first kappa shape index (κ1) is 13.7. The molecule has 0 aliphatic carbocycles. The minimum Gasteiger partial charge on any atom is -0.309 e. The first-order valence-corrected chi connectivity index (χ1v) is 6.96. The molecule has 3 heteroatoms. The standard InChI is InChI=1S/C18H17FN2/c1-12-6-7-17(19)16(10-12)18(20-2)15-5-3-4-13-11-21-9-8-14(13)15/h3-11,18,20H,1-2H3. The molecule has 3 aromatic rings. The molecule has 2 aromatic carbocycles. The number of nitrogens with one attached hydrogen (secondary N) is 1. The molecule has 106 valence electrons. The summed E-state index contributed by atoms with van der Waals surface area (Å²) in [6.07, 6.45) is 3.60. The second-order valence-corrected chi connectivity index (χ2v) is 5.19. The lowest BCUT2D eigenvalue weighted by atomic mass is 9.93. The van der Waals surface area contributed by atoms with Crippen molar-refractivity contribution in [3.8, 4) is 0 Å². The Morgan fingerprint density at radius 3 is 2.76 bits per heavy atom. The van der Waals surface area contributed by atoms with E-state index >= 15 is 0 Å². The summed E-state index contributed by atoms with van der Waals surface area (Å²) in [5, 5.41) is 5.38. The summed E-state index contributed by atoms with van der Waals surface area (Å²) in [6.45, 7) is 1.97. The lowest BCUT2D eigenvalue weighted by molar-refractivity contribution is 0.577. The molecule has 0 saturated heterocycles. The highest BCUT2D eigenvalue weighted by Crippen LogP contribution is 2.30. The summed E-state index contributed by atoms with van der Waals surface area (Å²) in [5.74, 6) is -0.189. The number of aromatic nitrogens is 1. The highest BCUT2D eigenvalue weighted by molar-refractivity contribution is 5.85. The van der Waals surface area contributed by atoms with Crippen molar-refractivity contribution >= 4 is 10.8 Å². The van der Waals surface area contributed by atoms with Crippen LogP contribution in [0.4, 0.5) is 4.39 Å². The van der Waals surface area contributed by atoms with Crippen LogP contribution in [0, 0.1) is 12.7 Å². The third kappa shape index (κ3) is 2.52. The number of nitrogens with zero attached hydrogens (tertiary/aromatic N) is 1. The van der Waals surface area contributed by atoms with Gasteiger partial charge in [-0.1, -0.05) is 35.9 Å². The molecule has 3 rings (SSSR count). The second kappa shape index (κ2) is 5.62. The lowest BCUT2D eigenvalue weighted by Gasteiger charge is -2.20. The molecule has 0 aliphatic rings. The van der Waals surface area contributed by atoms with Crippen LogP contribution in [0.25, 0.3) is 10.8 Å². The van der Waals surface area contributed by atoms with E-state index in [9.17, 15) is 4.39 Å². The van der Waals surface area contributed by atoms with E-state index in [2.05, 4.69) is 10.3 Å². The molecule has 0 bridgehead atoms. The summed E-state index contributed by atoms with van der Waals surface area (Å²) in [5.41, 5.74) is 2.78. The molecule has 1 atom stereocenters. The molecule has 1 heterocycles. The van der Waals surface area contributed by atoms with Crippen molar-refractivity contribution in [1.29, 1.82) is 0 Å². The molecule has 2 nitrogen and oxygen atoms in total. The van der Waals surface area contributed by atoms with Gasteiger partial charge in [-0.3, -0.25) is 4.98 Å².